The van der Waals surface area contributed by atoms with Crippen molar-refractivity contribution in [2.75, 3.05) is 50.5 Å². The van der Waals surface area contributed by atoms with E-state index in [1.807, 2.05) is 6.07 Å². The maximum absolute atomic E-state index is 13.3. The molecule has 2 N–H and O–H groups in total. The fourth-order valence-electron chi connectivity index (χ4n) is 4.70. The number of anilines is 2. The number of para-hydroxylation sites is 1. The van der Waals surface area contributed by atoms with Crippen molar-refractivity contribution in [3.8, 4) is 0 Å². The Bertz CT molecular complexity index is 1450. The molecule has 38 heavy (non-hydrogen) atoms. The Morgan fingerprint density at radius 2 is 1.89 bits per heavy atom. The topological polar surface area (TPSA) is 130 Å². The molecule has 2 aliphatic rings. The summed E-state index contributed by atoms with van der Waals surface area (Å²) < 4.78 is 32.8. The Hall–Kier alpha value is -2.87. The molecule has 3 aromatic rings. The van der Waals surface area contributed by atoms with E-state index in [-0.39, 0.29) is 15.4 Å². The van der Waals surface area contributed by atoms with Gasteiger partial charge in [0.1, 0.15) is 11.6 Å². The van der Waals surface area contributed by atoms with Crippen molar-refractivity contribution in [3.63, 3.8) is 0 Å². The highest BCUT2D eigenvalue weighted by Crippen LogP contribution is 2.39. The van der Waals surface area contributed by atoms with Crippen LogP contribution in [0.4, 0.5) is 15.7 Å². The van der Waals surface area contributed by atoms with Crippen LogP contribution in [0.2, 0.25) is 0 Å². The first-order valence-electron chi connectivity index (χ1n) is 12.7. The number of piperazine rings is 1. The van der Waals surface area contributed by atoms with E-state index in [1.165, 1.54) is 11.4 Å². The molecule has 1 unspecified atom stereocenters. The van der Waals surface area contributed by atoms with Crippen molar-refractivity contribution in [2.24, 2.45) is 0 Å². The summed E-state index contributed by atoms with van der Waals surface area (Å²) in [6.45, 7) is 8.60. The second-order valence-corrected chi connectivity index (χ2v) is 13.1. The minimum Gasteiger partial charge on any atom is -0.453 e. The molecule has 0 spiro atoms. The Balaban J connectivity index is 1.22. The number of amides is 1. The van der Waals surface area contributed by atoms with Gasteiger partial charge < -0.3 is 10.1 Å². The van der Waals surface area contributed by atoms with Crippen molar-refractivity contribution in [3.05, 3.63) is 35.3 Å². The van der Waals surface area contributed by atoms with Gasteiger partial charge in [-0.25, -0.2) is 28.2 Å². The van der Waals surface area contributed by atoms with Crippen LogP contribution in [0.25, 0.3) is 10.9 Å². The van der Waals surface area contributed by atoms with Gasteiger partial charge >= 0.3 is 6.09 Å². The maximum Gasteiger partial charge on any atom is 0.413 e. The van der Waals surface area contributed by atoms with Gasteiger partial charge in [0.05, 0.1) is 18.3 Å². The molecule has 5 rings (SSSR count). The lowest BCUT2D eigenvalue weighted by atomic mass is 10.1. The zero-order chi connectivity index (χ0) is 27.0. The molecule has 2 fully saturated rings. The molecule has 1 saturated carbocycles. The van der Waals surface area contributed by atoms with Crippen molar-refractivity contribution in [2.45, 2.75) is 49.8 Å². The summed E-state index contributed by atoms with van der Waals surface area (Å²) in [7, 11) is -2.47. The number of aryl methyl sites for hydroxylation is 2. The smallest absolute Gasteiger partial charge is 0.413 e. The number of carbonyl (C=O) groups excluding carboxylic acids is 1. The van der Waals surface area contributed by atoms with E-state index < -0.39 is 16.1 Å². The van der Waals surface area contributed by atoms with Gasteiger partial charge in [-0.3, -0.25) is 10.2 Å². The van der Waals surface area contributed by atoms with E-state index in [1.54, 1.807) is 6.92 Å². The number of hydrogen-bond acceptors (Lipinski definition) is 10. The molecular formula is C25H33N7O4S2. The molecular weight excluding hydrogens is 526 g/mol. The molecule has 1 amide bonds. The number of nitrogens with one attached hydrogen (secondary N) is 2. The largest absolute Gasteiger partial charge is 0.453 e. The highest BCUT2D eigenvalue weighted by molar-refractivity contribution is 7.91. The minimum absolute atomic E-state index is 0.111. The molecule has 0 radical (unpaired) electrons. The number of ether oxygens (including phenoxy) is 1. The third-order valence-electron chi connectivity index (χ3n) is 6.86. The Morgan fingerprint density at radius 3 is 2.58 bits per heavy atom. The van der Waals surface area contributed by atoms with E-state index in [2.05, 4.69) is 51.2 Å². The highest BCUT2D eigenvalue weighted by Gasteiger charge is 2.33. The number of hydrogen-bond donors (Lipinski definition) is 2. The van der Waals surface area contributed by atoms with Gasteiger partial charge in [-0.05, 0) is 45.2 Å². The van der Waals surface area contributed by atoms with Gasteiger partial charge in [0.2, 0.25) is 0 Å². The van der Waals surface area contributed by atoms with E-state index in [9.17, 15) is 13.2 Å². The molecule has 0 bridgehead atoms. The molecule has 204 valence electrons. The summed E-state index contributed by atoms with van der Waals surface area (Å²) in [6, 6.07) is 6.29. The zero-order valence-electron chi connectivity index (χ0n) is 22.0. The number of fused-ring (bicyclic) bond motifs is 1. The number of benzene rings is 1. The number of aromatic nitrogens is 3. The van der Waals surface area contributed by atoms with Crippen LogP contribution in [-0.2, 0) is 14.8 Å². The lowest BCUT2D eigenvalue weighted by Gasteiger charge is -2.35. The molecule has 1 aliphatic heterocycles. The third kappa shape index (κ3) is 5.60. The standard InChI is InChI=1S/C25H33N7O4S2/c1-15-6-5-7-19-20(15)28-21(18-8-9-18)29-22(19)26-16(2)14-31-10-12-32(13-11-31)38(34,35)23-17(3)27-24(37-23)30-25(33)36-4/h5-7,16,18H,8-14H2,1-4H3,(H,26,28,29)(H,27,30,33). The van der Waals surface area contributed by atoms with Crippen LogP contribution in [0.3, 0.4) is 0 Å². The van der Waals surface area contributed by atoms with Crippen LogP contribution < -0.4 is 10.6 Å². The fourth-order valence-corrected chi connectivity index (χ4v) is 7.65. The molecule has 1 aliphatic carbocycles. The van der Waals surface area contributed by atoms with Gasteiger partial charge in [-0.1, -0.05) is 23.5 Å². The molecule has 1 aromatic carbocycles. The van der Waals surface area contributed by atoms with Crippen LogP contribution in [0.5, 0.6) is 0 Å². The first-order chi connectivity index (χ1) is 18.2. The molecule has 1 saturated heterocycles. The summed E-state index contributed by atoms with van der Waals surface area (Å²) in [4.78, 5) is 27.6. The van der Waals surface area contributed by atoms with Crippen LogP contribution in [-0.4, -0.2) is 84.5 Å². The normalized spacial score (nSPS) is 17.9. The van der Waals surface area contributed by atoms with Gasteiger partial charge in [-0.2, -0.15) is 4.31 Å². The van der Waals surface area contributed by atoms with Crippen molar-refractivity contribution in [1.82, 2.24) is 24.2 Å². The van der Waals surface area contributed by atoms with Gasteiger partial charge in [0, 0.05) is 50.1 Å². The quantitative estimate of drug-likeness (QED) is 0.425. The van der Waals surface area contributed by atoms with E-state index in [0.717, 1.165) is 58.8 Å². The highest BCUT2D eigenvalue weighted by atomic mass is 32.2. The molecule has 2 aromatic heterocycles. The van der Waals surface area contributed by atoms with Crippen molar-refractivity contribution < 1.29 is 17.9 Å². The van der Waals surface area contributed by atoms with Gasteiger partial charge in [0.15, 0.2) is 9.34 Å². The SMILES string of the molecule is COC(=O)Nc1nc(C)c(S(=O)(=O)N2CCN(CC(C)Nc3nc(C4CC4)nc4c(C)cccc34)CC2)s1. The fraction of sp³-hybridized carbons (Fsp3) is 0.520. The third-order valence-corrected chi connectivity index (χ3v) is 10.4. The summed E-state index contributed by atoms with van der Waals surface area (Å²) in [5, 5.41) is 7.27. The van der Waals surface area contributed by atoms with E-state index >= 15 is 0 Å². The number of carbonyl (C=O) groups is 1. The average molecular weight is 560 g/mol. The first kappa shape index (κ1) is 26.7. The summed E-state index contributed by atoms with van der Waals surface area (Å²) in [5.41, 5.74) is 2.50. The Labute approximate surface area is 226 Å². The average Bonchev–Trinajstić information content (AvgIpc) is 3.67. The first-order valence-corrected chi connectivity index (χ1v) is 15.0. The summed E-state index contributed by atoms with van der Waals surface area (Å²) >= 11 is 0.937. The minimum atomic E-state index is -3.71. The van der Waals surface area contributed by atoms with Crippen molar-refractivity contribution >= 4 is 49.3 Å². The predicted molar refractivity (Wildman–Crippen MR) is 147 cm³/mol. The summed E-state index contributed by atoms with van der Waals surface area (Å²) in [5.74, 6) is 2.24. The second-order valence-electron chi connectivity index (χ2n) is 9.93. The van der Waals surface area contributed by atoms with Gasteiger partial charge in [0.25, 0.3) is 10.0 Å². The Morgan fingerprint density at radius 1 is 1.16 bits per heavy atom. The van der Waals surface area contributed by atoms with Crippen LogP contribution >= 0.6 is 11.3 Å². The van der Waals surface area contributed by atoms with Gasteiger partial charge in [-0.15, -0.1) is 0 Å². The summed E-state index contributed by atoms with van der Waals surface area (Å²) in [6.07, 6.45) is 1.60. The van der Waals surface area contributed by atoms with Crippen molar-refractivity contribution in [1.29, 1.82) is 0 Å². The van der Waals surface area contributed by atoms with Crippen LogP contribution in [0.15, 0.2) is 22.4 Å². The number of nitrogens with zero attached hydrogens (tertiary/aromatic N) is 5. The second kappa shape index (κ2) is 10.7. The lowest BCUT2D eigenvalue weighted by Crippen LogP contribution is -2.50. The molecule has 11 nitrogen and oxygen atoms in total. The number of sulfonamides is 1. The monoisotopic (exact) mass is 559 g/mol. The molecule has 1 atom stereocenters. The zero-order valence-corrected chi connectivity index (χ0v) is 23.7. The van der Waals surface area contributed by atoms with Crippen LogP contribution in [0, 0.1) is 13.8 Å². The maximum atomic E-state index is 13.3. The number of thiazole rings is 1. The Kier molecular flexibility index (Phi) is 7.54. The molecule has 3 heterocycles. The predicted octanol–water partition coefficient (Wildman–Crippen LogP) is 3.57. The number of rotatable bonds is 8. The van der Waals surface area contributed by atoms with Crippen LogP contribution in [0.1, 0.15) is 42.8 Å². The van der Waals surface area contributed by atoms with E-state index in [4.69, 9.17) is 9.97 Å². The molecule has 13 heteroatoms. The van der Waals surface area contributed by atoms with E-state index in [0.29, 0.717) is 37.8 Å². The lowest BCUT2D eigenvalue weighted by molar-refractivity contribution is 0.184. The number of methoxy groups -OCH3 is 1.